The summed E-state index contributed by atoms with van der Waals surface area (Å²) in [6, 6.07) is 0. The van der Waals surface area contributed by atoms with Crippen LogP contribution in [0.2, 0.25) is 0 Å². The van der Waals surface area contributed by atoms with Crippen LogP contribution in [-0.4, -0.2) is 8.42 Å². The van der Waals surface area contributed by atoms with E-state index in [4.69, 9.17) is 10.7 Å². The molecule has 0 amide bonds. The van der Waals surface area contributed by atoms with Gasteiger partial charge in [-0.25, -0.2) is 8.42 Å². The lowest BCUT2D eigenvalue weighted by atomic mass is 10.3. The van der Waals surface area contributed by atoms with Gasteiger partial charge in [0.1, 0.15) is 4.90 Å². The van der Waals surface area contributed by atoms with Crippen molar-refractivity contribution in [3.05, 3.63) is 17.6 Å². The lowest BCUT2D eigenvalue weighted by Gasteiger charge is -2.03. The van der Waals surface area contributed by atoms with E-state index >= 15 is 0 Å². The van der Waals surface area contributed by atoms with Crippen LogP contribution in [0.3, 0.4) is 0 Å². The van der Waals surface area contributed by atoms with Crippen LogP contribution in [0.1, 0.15) is 11.3 Å². The first-order valence-electron chi connectivity index (χ1n) is 3.24. The number of rotatable bonds is 1. The average Bonchev–Trinajstić information content (AvgIpc) is 2.27. The van der Waals surface area contributed by atoms with Crippen molar-refractivity contribution in [2.75, 3.05) is 0 Å². The zero-order chi connectivity index (χ0) is 11.1. The van der Waals surface area contributed by atoms with Crippen LogP contribution in [0, 0.1) is 6.92 Å². The third kappa shape index (κ3) is 2.03. The highest BCUT2D eigenvalue weighted by Gasteiger charge is 2.42. The predicted octanol–water partition coefficient (Wildman–Crippen LogP) is 2.53. The van der Waals surface area contributed by atoms with Crippen LogP contribution < -0.4 is 0 Å². The summed E-state index contributed by atoms with van der Waals surface area (Å²) in [6.45, 7) is 1.16. The van der Waals surface area contributed by atoms with Crippen LogP contribution >= 0.6 is 10.7 Å². The number of hydrogen-bond acceptors (Lipinski definition) is 3. The molecular formula is C6H4ClF3O3S. The zero-order valence-electron chi connectivity index (χ0n) is 6.72. The van der Waals surface area contributed by atoms with E-state index in [2.05, 4.69) is 4.42 Å². The summed E-state index contributed by atoms with van der Waals surface area (Å²) in [5, 5.41) is 0. The van der Waals surface area contributed by atoms with E-state index in [1.54, 1.807) is 0 Å². The van der Waals surface area contributed by atoms with Gasteiger partial charge in [0, 0.05) is 16.2 Å². The normalized spacial score (nSPS) is 13.2. The maximum Gasteiger partial charge on any atom is 0.450 e. The van der Waals surface area contributed by atoms with E-state index in [0.717, 1.165) is 6.92 Å². The first-order valence-corrected chi connectivity index (χ1v) is 5.55. The van der Waals surface area contributed by atoms with Crippen molar-refractivity contribution < 1.29 is 26.0 Å². The molecule has 0 saturated carbocycles. The maximum atomic E-state index is 12.2. The number of halogens is 4. The molecule has 3 nitrogen and oxygen atoms in total. The van der Waals surface area contributed by atoms with Crippen molar-refractivity contribution >= 4 is 19.7 Å². The second-order valence-corrected chi connectivity index (χ2v) is 5.02. The third-order valence-corrected chi connectivity index (χ3v) is 2.88. The van der Waals surface area contributed by atoms with Crippen molar-refractivity contribution in [3.63, 3.8) is 0 Å². The van der Waals surface area contributed by atoms with Crippen molar-refractivity contribution in [2.45, 2.75) is 18.0 Å². The predicted molar refractivity (Wildman–Crippen MR) is 41.5 cm³/mol. The van der Waals surface area contributed by atoms with Gasteiger partial charge < -0.3 is 4.42 Å². The molecule has 0 fully saturated rings. The number of aryl methyl sites for hydroxylation is 1. The highest BCUT2D eigenvalue weighted by Crippen LogP contribution is 2.38. The van der Waals surface area contributed by atoms with E-state index in [1.165, 1.54) is 0 Å². The second-order valence-electron chi connectivity index (χ2n) is 2.51. The minimum absolute atomic E-state index is 0.174. The molecule has 80 valence electrons. The van der Waals surface area contributed by atoms with Gasteiger partial charge in [0.2, 0.25) is 5.76 Å². The fraction of sp³-hybridized carbons (Fsp3) is 0.333. The Morgan fingerprint density at radius 3 is 2.21 bits per heavy atom. The monoisotopic (exact) mass is 248 g/mol. The van der Waals surface area contributed by atoms with Crippen LogP contribution in [-0.2, 0) is 15.2 Å². The zero-order valence-corrected chi connectivity index (χ0v) is 8.29. The second kappa shape index (κ2) is 3.16. The van der Waals surface area contributed by atoms with Gasteiger partial charge in [-0.05, 0) is 6.92 Å². The highest BCUT2D eigenvalue weighted by molar-refractivity contribution is 8.13. The Bertz CT molecular complexity index is 445. The highest BCUT2D eigenvalue weighted by atomic mass is 35.7. The largest absolute Gasteiger partial charge is 0.458 e. The molecular weight excluding hydrogens is 245 g/mol. The summed E-state index contributed by atoms with van der Waals surface area (Å²) in [7, 11) is 0.383. The van der Waals surface area contributed by atoms with Gasteiger partial charge in [-0.15, -0.1) is 0 Å². The fourth-order valence-corrected chi connectivity index (χ4v) is 2.33. The summed E-state index contributed by atoms with van der Waals surface area (Å²) >= 11 is 0. The van der Waals surface area contributed by atoms with Crippen LogP contribution in [0.5, 0.6) is 0 Å². The van der Waals surface area contributed by atoms with Crippen LogP contribution in [0.25, 0.3) is 0 Å². The Balaban J connectivity index is 3.51. The summed E-state index contributed by atoms with van der Waals surface area (Å²) < 4.78 is 62.2. The molecule has 1 heterocycles. The summed E-state index contributed by atoms with van der Waals surface area (Å²) in [5.74, 6) is -1.59. The van der Waals surface area contributed by atoms with Gasteiger partial charge >= 0.3 is 6.18 Å². The number of hydrogen-bond donors (Lipinski definition) is 0. The van der Waals surface area contributed by atoms with E-state index in [-0.39, 0.29) is 5.56 Å². The van der Waals surface area contributed by atoms with Crippen LogP contribution in [0.4, 0.5) is 13.2 Å². The third-order valence-electron chi connectivity index (χ3n) is 1.42. The maximum absolute atomic E-state index is 12.2. The first-order chi connectivity index (χ1) is 6.14. The molecule has 0 spiro atoms. The van der Waals surface area contributed by atoms with Crippen molar-refractivity contribution in [1.82, 2.24) is 0 Å². The van der Waals surface area contributed by atoms with Gasteiger partial charge in [-0.3, -0.25) is 0 Å². The molecule has 8 heteroatoms. The van der Waals surface area contributed by atoms with E-state index in [0.29, 0.717) is 6.26 Å². The average molecular weight is 249 g/mol. The lowest BCUT2D eigenvalue weighted by molar-refractivity contribution is -0.155. The molecule has 14 heavy (non-hydrogen) atoms. The van der Waals surface area contributed by atoms with E-state index < -0.39 is 25.9 Å². The van der Waals surface area contributed by atoms with E-state index in [9.17, 15) is 21.6 Å². The Hall–Kier alpha value is -0.690. The van der Waals surface area contributed by atoms with Gasteiger partial charge in [-0.1, -0.05) is 0 Å². The molecule has 1 rings (SSSR count). The van der Waals surface area contributed by atoms with Crippen molar-refractivity contribution in [2.24, 2.45) is 0 Å². The molecule has 1 aromatic rings. The first kappa shape index (κ1) is 11.4. The minimum atomic E-state index is -4.87. The lowest BCUT2D eigenvalue weighted by Crippen LogP contribution is -2.08. The summed E-state index contributed by atoms with van der Waals surface area (Å²) in [4.78, 5) is -1.02. The Morgan fingerprint density at radius 2 is 1.93 bits per heavy atom. The molecule has 0 radical (unpaired) electrons. The molecule has 1 aromatic heterocycles. The van der Waals surface area contributed by atoms with Gasteiger partial charge in [-0.2, -0.15) is 13.2 Å². The van der Waals surface area contributed by atoms with Crippen LogP contribution in [0.15, 0.2) is 15.6 Å². The van der Waals surface area contributed by atoms with E-state index in [1.807, 2.05) is 0 Å². The molecule has 0 aliphatic carbocycles. The Kier molecular flexibility index (Phi) is 2.57. The number of alkyl halides is 3. The Labute approximate surface area is 81.9 Å². The Morgan fingerprint density at radius 1 is 1.43 bits per heavy atom. The number of furan rings is 1. The van der Waals surface area contributed by atoms with Gasteiger partial charge in [0.25, 0.3) is 9.05 Å². The standard InChI is InChI=1S/C6H4ClF3O3S/c1-3-2-13-5(6(8,9)10)4(3)14(7,11)12/h2H,1H3. The molecule has 0 aliphatic heterocycles. The molecule has 0 bridgehead atoms. The molecule has 0 unspecified atom stereocenters. The van der Waals surface area contributed by atoms with Gasteiger partial charge in [0.15, 0.2) is 0 Å². The smallest absolute Gasteiger partial charge is 0.450 e. The molecule has 0 atom stereocenters. The molecule has 0 saturated heterocycles. The van der Waals surface area contributed by atoms with Gasteiger partial charge in [0.05, 0.1) is 6.26 Å². The SMILES string of the molecule is Cc1coc(C(F)(F)F)c1S(=O)(=O)Cl. The molecule has 0 aromatic carbocycles. The minimum Gasteiger partial charge on any atom is -0.458 e. The summed E-state index contributed by atoms with van der Waals surface area (Å²) in [5.41, 5.74) is -0.174. The van der Waals surface area contributed by atoms with Crippen molar-refractivity contribution in [1.29, 1.82) is 0 Å². The van der Waals surface area contributed by atoms with Crippen molar-refractivity contribution in [3.8, 4) is 0 Å². The summed E-state index contributed by atoms with van der Waals surface area (Å²) in [6.07, 6.45) is -4.18. The molecule has 0 N–H and O–H groups in total. The topological polar surface area (TPSA) is 47.3 Å². The quantitative estimate of drug-likeness (QED) is 0.718. The fourth-order valence-electron chi connectivity index (χ4n) is 0.932. The molecule has 0 aliphatic rings.